The molecule has 2 N–H and O–H groups in total. The lowest BCUT2D eigenvalue weighted by atomic mass is 10.1. The predicted octanol–water partition coefficient (Wildman–Crippen LogP) is 2.55. The van der Waals surface area contributed by atoms with Crippen molar-refractivity contribution in [1.29, 1.82) is 0 Å². The molecule has 136 valence electrons. The third kappa shape index (κ3) is 4.64. The van der Waals surface area contributed by atoms with Crippen LogP contribution in [0.5, 0.6) is 11.5 Å². The molecule has 2 aromatic carbocycles. The van der Waals surface area contributed by atoms with Crippen molar-refractivity contribution in [3.63, 3.8) is 0 Å². The summed E-state index contributed by atoms with van der Waals surface area (Å²) in [6, 6.07) is 9.10. The van der Waals surface area contributed by atoms with E-state index in [1.165, 1.54) is 12.1 Å². The second-order valence-electron chi connectivity index (χ2n) is 5.61. The van der Waals surface area contributed by atoms with Crippen LogP contribution in [0.2, 0.25) is 5.02 Å². The number of fused-ring (bicyclic) bond motifs is 1. The summed E-state index contributed by atoms with van der Waals surface area (Å²) in [5.74, 6) is -0.0696. The van der Waals surface area contributed by atoms with Crippen LogP contribution in [-0.4, -0.2) is 31.6 Å². The largest absolute Gasteiger partial charge is 0.486 e. The van der Waals surface area contributed by atoms with Crippen LogP contribution in [-0.2, 0) is 16.0 Å². The fourth-order valence-electron chi connectivity index (χ4n) is 2.40. The van der Waals surface area contributed by atoms with E-state index in [0.717, 1.165) is 11.6 Å². The molecule has 8 heteroatoms. The molecular weight excluding hydrogens is 363 g/mol. The minimum absolute atomic E-state index is 0.0922. The Kier molecular flexibility index (Phi) is 5.58. The zero-order valence-electron chi connectivity index (χ0n) is 13.7. The normalized spacial score (nSPS) is 12.4. The number of carbonyl (C=O) groups excluding carboxylic acids is 2. The summed E-state index contributed by atoms with van der Waals surface area (Å²) in [7, 11) is 0. The number of anilines is 1. The van der Waals surface area contributed by atoms with Crippen LogP contribution in [0.1, 0.15) is 5.56 Å². The van der Waals surface area contributed by atoms with Crippen LogP contribution >= 0.6 is 11.6 Å². The third-order valence-corrected chi connectivity index (χ3v) is 3.91. The molecule has 0 saturated carbocycles. The van der Waals surface area contributed by atoms with Crippen molar-refractivity contribution in [2.24, 2.45) is 0 Å². The topological polar surface area (TPSA) is 76.7 Å². The van der Waals surface area contributed by atoms with Crippen LogP contribution in [0.4, 0.5) is 10.1 Å². The summed E-state index contributed by atoms with van der Waals surface area (Å²) in [6.07, 6.45) is 0.103. The Morgan fingerprint density at radius 2 is 1.81 bits per heavy atom. The first-order valence-electron chi connectivity index (χ1n) is 7.91. The molecule has 0 bridgehead atoms. The molecule has 1 aliphatic rings. The zero-order chi connectivity index (χ0) is 18.5. The Balaban J connectivity index is 1.49. The fourth-order valence-corrected chi connectivity index (χ4v) is 2.58. The van der Waals surface area contributed by atoms with Crippen LogP contribution in [0, 0.1) is 5.82 Å². The van der Waals surface area contributed by atoms with Gasteiger partial charge in [0.2, 0.25) is 11.8 Å². The number of rotatable bonds is 5. The van der Waals surface area contributed by atoms with Gasteiger partial charge in [-0.2, -0.15) is 0 Å². The standard InChI is InChI=1S/C18H16ClFN2O4/c19-13-9-12(2-3-14(13)20)22-18(24)10-21-17(23)8-11-1-4-15-16(7-11)26-6-5-25-15/h1-4,7,9H,5-6,8,10H2,(H,21,23)(H,22,24). The van der Waals surface area contributed by atoms with Gasteiger partial charge in [0.05, 0.1) is 18.0 Å². The van der Waals surface area contributed by atoms with E-state index in [1.807, 2.05) is 0 Å². The summed E-state index contributed by atoms with van der Waals surface area (Å²) in [6.45, 7) is 0.760. The zero-order valence-corrected chi connectivity index (χ0v) is 14.4. The highest BCUT2D eigenvalue weighted by molar-refractivity contribution is 6.31. The first-order valence-corrected chi connectivity index (χ1v) is 8.29. The number of carbonyl (C=O) groups is 2. The predicted molar refractivity (Wildman–Crippen MR) is 94.2 cm³/mol. The van der Waals surface area contributed by atoms with E-state index in [2.05, 4.69) is 10.6 Å². The number of hydrogen-bond acceptors (Lipinski definition) is 4. The molecule has 0 aromatic heterocycles. The number of hydrogen-bond donors (Lipinski definition) is 2. The molecule has 0 atom stereocenters. The molecule has 2 aromatic rings. The minimum Gasteiger partial charge on any atom is -0.486 e. The highest BCUT2D eigenvalue weighted by Crippen LogP contribution is 2.30. The van der Waals surface area contributed by atoms with Crippen molar-refractivity contribution >= 4 is 29.1 Å². The third-order valence-electron chi connectivity index (χ3n) is 3.62. The van der Waals surface area contributed by atoms with Gasteiger partial charge >= 0.3 is 0 Å². The van der Waals surface area contributed by atoms with E-state index < -0.39 is 11.7 Å². The maximum Gasteiger partial charge on any atom is 0.243 e. The van der Waals surface area contributed by atoms with E-state index in [0.29, 0.717) is 30.4 Å². The molecule has 0 aliphatic carbocycles. The number of nitrogens with one attached hydrogen (secondary N) is 2. The molecule has 26 heavy (non-hydrogen) atoms. The molecule has 1 heterocycles. The summed E-state index contributed by atoms with van der Waals surface area (Å²) >= 11 is 5.65. The number of benzene rings is 2. The highest BCUT2D eigenvalue weighted by Gasteiger charge is 2.14. The molecule has 0 spiro atoms. The molecule has 3 rings (SSSR count). The van der Waals surface area contributed by atoms with Gasteiger partial charge in [0.15, 0.2) is 11.5 Å². The fraction of sp³-hybridized carbons (Fsp3) is 0.222. The van der Waals surface area contributed by atoms with Crippen LogP contribution in [0.15, 0.2) is 36.4 Å². The SMILES string of the molecule is O=C(Cc1ccc2c(c1)OCCO2)NCC(=O)Nc1ccc(F)c(Cl)c1. The van der Waals surface area contributed by atoms with Crippen molar-refractivity contribution in [3.8, 4) is 11.5 Å². The summed E-state index contributed by atoms with van der Waals surface area (Å²) in [4.78, 5) is 23.9. The molecule has 1 aliphatic heterocycles. The first kappa shape index (κ1) is 18.0. The molecule has 6 nitrogen and oxygen atoms in total. The van der Waals surface area contributed by atoms with Gasteiger partial charge in [-0.15, -0.1) is 0 Å². The average molecular weight is 379 g/mol. The molecular formula is C18H16ClFN2O4. The molecule has 0 unspecified atom stereocenters. The Labute approximate surface area is 154 Å². The van der Waals surface area contributed by atoms with Gasteiger partial charge in [-0.25, -0.2) is 4.39 Å². The smallest absolute Gasteiger partial charge is 0.243 e. The van der Waals surface area contributed by atoms with Crippen LogP contribution < -0.4 is 20.1 Å². The van der Waals surface area contributed by atoms with Gasteiger partial charge in [0.1, 0.15) is 19.0 Å². The molecule has 2 amide bonds. The lowest BCUT2D eigenvalue weighted by Crippen LogP contribution is -2.33. The summed E-state index contributed by atoms with van der Waals surface area (Å²) in [5, 5.41) is 4.96. The second kappa shape index (κ2) is 8.05. The van der Waals surface area contributed by atoms with E-state index in [4.69, 9.17) is 21.1 Å². The monoisotopic (exact) mass is 378 g/mol. The number of amides is 2. The van der Waals surface area contributed by atoms with Crippen molar-refractivity contribution in [3.05, 3.63) is 52.8 Å². The molecule has 0 fully saturated rings. The van der Waals surface area contributed by atoms with E-state index in [-0.39, 0.29) is 23.9 Å². The van der Waals surface area contributed by atoms with Gasteiger partial charge in [0.25, 0.3) is 0 Å². The van der Waals surface area contributed by atoms with Gasteiger partial charge in [0, 0.05) is 5.69 Å². The van der Waals surface area contributed by atoms with Crippen molar-refractivity contribution < 1.29 is 23.5 Å². The van der Waals surface area contributed by atoms with Gasteiger partial charge in [-0.05, 0) is 35.9 Å². The lowest BCUT2D eigenvalue weighted by Gasteiger charge is -2.18. The first-order chi connectivity index (χ1) is 12.5. The lowest BCUT2D eigenvalue weighted by molar-refractivity contribution is -0.123. The van der Waals surface area contributed by atoms with E-state index in [9.17, 15) is 14.0 Å². The van der Waals surface area contributed by atoms with Crippen LogP contribution in [0.3, 0.4) is 0 Å². The summed E-state index contributed by atoms with van der Waals surface area (Å²) in [5.41, 5.74) is 1.10. The van der Waals surface area contributed by atoms with E-state index in [1.54, 1.807) is 18.2 Å². The Morgan fingerprint density at radius 1 is 1.04 bits per heavy atom. The van der Waals surface area contributed by atoms with Crippen molar-refractivity contribution in [2.75, 3.05) is 25.1 Å². The Bertz CT molecular complexity index is 844. The van der Waals surface area contributed by atoms with Gasteiger partial charge < -0.3 is 20.1 Å². The van der Waals surface area contributed by atoms with Gasteiger partial charge in [-0.3, -0.25) is 9.59 Å². The van der Waals surface area contributed by atoms with E-state index >= 15 is 0 Å². The summed E-state index contributed by atoms with van der Waals surface area (Å²) < 4.78 is 24.0. The Hall–Kier alpha value is -2.80. The van der Waals surface area contributed by atoms with Gasteiger partial charge in [-0.1, -0.05) is 17.7 Å². The molecule has 0 saturated heterocycles. The quantitative estimate of drug-likeness (QED) is 0.838. The average Bonchev–Trinajstić information content (AvgIpc) is 2.63. The number of halogens is 2. The van der Waals surface area contributed by atoms with Crippen molar-refractivity contribution in [2.45, 2.75) is 6.42 Å². The highest BCUT2D eigenvalue weighted by atomic mass is 35.5. The van der Waals surface area contributed by atoms with Crippen LogP contribution in [0.25, 0.3) is 0 Å². The van der Waals surface area contributed by atoms with Crippen molar-refractivity contribution in [1.82, 2.24) is 5.32 Å². The minimum atomic E-state index is -0.572. The maximum atomic E-state index is 13.1. The second-order valence-corrected chi connectivity index (χ2v) is 6.02. The Morgan fingerprint density at radius 3 is 2.58 bits per heavy atom. The maximum absolute atomic E-state index is 13.1. The molecule has 0 radical (unpaired) electrons. The number of ether oxygens (including phenoxy) is 2.